The lowest BCUT2D eigenvalue weighted by molar-refractivity contribution is 0.203. The van der Waals surface area contributed by atoms with Crippen LogP contribution in [0.5, 0.6) is 0 Å². The van der Waals surface area contributed by atoms with E-state index in [1.807, 2.05) is 24.4 Å². The lowest BCUT2D eigenvalue weighted by Crippen LogP contribution is -2.32. The maximum Gasteiger partial charge on any atom is 0.126 e. The summed E-state index contributed by atoms with van der Waals surface area (Å²) in [6.07, 6.45) is 5.78. The van der Waals surface area contributed by atoms with E-state index in [0.717, 1.165) is 38.0 Å². The van der Waals surface area contributed by atoms with E-state index in [0.29, 0.717) is 5.92 Å². The van der Waals surface area contributed by atoms with Gasteiger partial charge in [-0.3, -0.25) is 9.88 Å². The molecular formula is C17H19FN2. The predicted molar refractivity (Wildman–Crippen MR) is 77.9 cm³/mol. The highest BCUT2D eigenvalue weighted by molar-refractivity contribution is 5.22. The first-order valence-electron chi connectivity index (χ1n) is 7.18. The van der Waals surface area contributed by atoms with Crippen LogP contribution in [-0.2, 0) is 6.54 Å². The summed E-state index contributed by atoms with van der Waals surface area (Å²) in [6.45, 7) is 2.99. The van der Waals surface area contributed by atoms with E-state index in [-0.39, 0.29) is 5.82 Å². The third-order valence-electron chi connectivity index (χ3n) is 4.06. The number of halogens is 1. The molecule has 2 aromatic rings. The Kier molecular flexibility index (Phi) is 4.07. The molecule has 1 fully saturated rings. The number of likely N-dealkylation sites (tertiary alicyclic amines) is 1. The van der Waals surface area contributed by atoms with Crippen LogP contribution in [-0.4, -0.2) is 23.0 Å². The second-order valence-corrected chi connectivity index (χ2v) is 5.43. The maximum atomic E-state index is 13.8. The van der Waals surface area contributed by atoms with Crippen LogP contribution in [0.3, 0.4) is 0 Å². The number of nitrogens with zero attached hydrogens (tertiary/aromatic N) is 2. The van der Waals surface area contributed by atoms with Crippen molar-refractivity contribution in [1.29, 1.82) is 0 Å². The minimum absolute atomic E-state index is 0.0572. The van der Waals surface area contributed by atoms with Crippen LogP contribution < -0.4 is 0 Å². The highest BCUT2D eigenvalue weighted by Crippen LogP contribution is 2.30. The molecule has 0 atom stereocenters. The molecule has 0 amide bonds. The SMILES string of the molecule is Fc1ccccc1C1CCN(Cc2cccnc2)CC1. The molecule has 1 saturated heterocycles. The summed E-state index contributed by atoms with van der Waals surface area (Å²) < 4.78 is 13.8. The maximum absolute atomic E-state index is 13.8. The molecule has 0 bridgehead atoms. The Morgan fingerprint density at radius 2 is 1.90 bits per heavy atom. The molecule has 2 heterocycles. The Morgan fingerprint density at radius 3 is 2.60 bits per heavy atom. The van der Waals surface area contributed by atoms with Crippen molar-refractivity contribution in [2.24, 2.45) is 0 Å². The highest BCUT2D eigenvalue weighted by atomic mass is 19.1. The Morgan fingerprint density at radius 1 is 1.10 bits per heavy atom. The van der Waals surface area contributed by atoms with Gasteiger partial charge in [-0.1, -0.05) is 24.3 Å². The van der Waals surface area contributed by atoms with Crippen molar-refractivity contribution in [1.82, 2.24) is 9.88 Å². The minimum atomic E-state index is -0.0572. The molecule has 0 radical (unpaired) electrons. The van der Waals surface area contributed by atoms with E-state index in [1.54, 1.807) is 18.3 Å². The molecule has 3 rings (SSSR count). The van der Waals surface area contributed by atoms with Crippen LogP contribution in [0.2, 0.25) is 0 Å². The molecule has 0 aliphatic carbocycles. The van der Waals surface area contributed by atoms with Crippen molar-refractivity contribution in [3.8, 4) is 0 Å². The second kappa shape index (κ2) is 6.14. The van der Waals surface area contributed by atoms with Gasteiger partial charge in [0.05, 0.1) is 0 Å². The molecule has 0 spiro atoms. The summed E-state index contributed by atoms with van der Waals surface area (Å²) in [4.78, 5) is 6.57. The predicted octanol–water partition coefficient (Wildman–Crippen LogP) is 3.60. The van der Waals surface area contributed by atoms with Gasteiger partial charge in [-0.25, -0.2) is 4.39 Å². The van der Waals surface area contributed by atoms with Gasteiger partial charge < -0.3 is 0 Å². The molecule has 1 aromatic heterocycles. The number of piperidine rings is 1. The van der Waals surface area contributed by atoms with E-state index in [1.165, 1.54) is 5.56 Å². The standard InChI is InChI=1S/C17H19FN2/c18-17-6-2-1-5-16(17)15-7-10-20(11-8-15)13-14-4-3-9-19-12-14/h1-6,9,12,15H,7-8,10-11,13H2. The summed E-state index contributed by atoms with van der Waals surface area (Å²) >= 11 is 0. The molecule has 0 N–H and O–H groups in total. The lowest BCUT2D eigenvalue weighted by atomic mass is 9.89. The fourth-order valence-electron chi connectivity index (χ4n) is 2.96. The van der Waals surface area contributed by atoms with E-state index < -0.39 is 0 Å². The molecular weight excluding hydrogens is 251 g/mol. The quantitative estimate of drug-likeness (QED) is 0.847. The highest BCUT2D eigenvalue weighted by Gasteiger charge is 2.22. The smallest absolute Gasteiger partial charge is 0.126 e. The van der Waals surface area contributed by atoms with Gasteiger partial charge in [-0.05, 0) is 55.1 Å². The molecule has 20 heavy (non-hydrogen) atoms. The van der Waals surface area contributed by atoms with Gasteiger partial charge in [-0.15, -0.1) is 0 Å². The molecule has 3 heteroatoms. The van der Waals surface area contributed by atoms with Crippen molar-refractivity contribution in [3.63, 3.8) is 0 Å². The number of hydrogen-bond acceptors (Lipinski definition) is 2. The third-order valence-corrected chi connectivity index (χ3v) is 4.06. The van der Waals surface area contributed by atoms with E-state index in [4.69, 9.17) is 0 Å². The molecule has 104 valence electrons. The van der Waals surface area contributed by atoms with Crippen LogP contribution in [0.4, 0.5) is 4.39 Å². The number of hydrogen-bond donors (Lipinski definition) is 0. The summed E-state index contributed by atoms with van der Waals surface area (Å²) in [5.74, 6) is 0.305. The molecule has 1 aromatic carbocycles. The zero-order valence-corrected chi connectivity index (χ0v) is 11.5. The fraction of sp³-hybridized carbons (Fsp3) is 0.353. The first kappa shape index (κ1) is 13.3. The molecule has 2 nitrogen and oxygen atoms in total. The number of rotatable bonds is 3. The molecule has 1 aliphatic rings. The first-order valence-corrected chi connectivity index (χ1v) is 7.18. The summed E-state index contributed by atoms with van der Waals surface area (Å²) in [7, 11) is 0. The number of pyridine rings is 1. The van der Waals surface area contributed by atoms with Crippen LogP contribution in [0.15, 0.2) is 48.8 Å². The van der Waals surface area contributed by atoms with Crippen LogP contribution in [0, 0.1) is 5.82 Å². The largest absolute Gasteiger partial charge is 0.299 e. The first-order chi connectivity index (χ1) is 9.83. The summed E-state index contributed by atoms with van der Waals surface area (Å²) in [6, 6.07) is 11.3. The monoisotopic (exact) mass is 270 g/mol. The second-order valence-electron chi connectivity index (χ2n) is 5.43. The number of benzene rings is 1. The minimum Gasteiger partial charge on any atom is -0.299 e. The number of aromatic nitrogens is 1. The lowest BCUT2D eigenvalue weighted by Gasteiger charge is -2.32. The van der Waals surface area contributed by atoms with Crippen molar-refractivity contribution < 1.29 is 4.39 Å². The summed E-state index contributed by atoms with van der Waals surface area (Å²) in [5.41, 5.74) is 2.13. The van der Waals surface area contributed by atoms with E-state index in [2.05, 4.69) is 16.0 Å². The zero-order valence-electron chi connectivity index (χ0n) is 11.5. The molecule has 1 aliphatic heterocycles. The fourth-order valence-corrected chi connectivity index (χ4v) is 2.96. The Bertz CT molecular complexity index is 548. The van der Waals surface area contributed by atoms with Crippen LogP contribution in [0.1, 0.15) is 29.9 Å². The van der Waals surface area contributed by atoms with Gasteiger partial charge in [0, 0.05) is 18.9 Å². The third kappa shape index (κ3) is 3.05. The van der Waals surface area contributed by atoms with Crippen molar-refractivity contribution in [2.45, 2.75) is 25.3 Å². The average molecular weight is 270 g/mol. The summed E-state index contributed by atoms with van der Waals surface area (Å²) in [5, 5.41) is 0. The van der Waals surface area contributed by atoms with Gasteiger partial charge in [0.2, 0.25) is 0 Å². The Balaban J connectivity index is 1.59. The van der Waals surface area contributed by atoms with Crippen molar-refractivity contribution in [2.75, 3.05) is 13.1 Å². The van der Waals surface area contributed by atoms with Crippen LogP contribution in [0.25, 0.3) is 0 Å². The Labute approximate surface area is 119 Å². The van der Waals surface area contributed by atoms with Gasteiger partial charge in [0.15, 0.2) is 0 Å². The van der Waals surface area contributed by atoms with Gasteiger partial charge >= 0.3 is 0 Å². The van der Waals surface area contributed by atoms with Crippen LogP contribution >= 0.6 is 0 Å². The van der Waals surface area contributed by atoms with Crippen molar-refractivity contribution in [3.05, 3.63) is 65.7 Å². The van der Waals surface area contributed by atoms with Gasteiger partial charge in [0.25, 0.3) is 0 Å². The van der Waals surface area contributed by atoms with E-state index in [9.17, 15) is 4.39 Å². The van der Waals surface area contributed by atoms with Crippen molar-refractivity contribution >= 4 is 0 Å². The normalized spacial score (nSPS) is 17.2. The Hall–Kier alpha value is -1.74. The topological polar surface area (TPSA) is 16.1 Å². The molecule has 0 unspecified atom stereocenters. The van der Waals surface area contributed by atoms with E-state index >= 15 is 0 Å². The zero-order chi connectivity index (χ0) is 13.8. The van der Waals surface area contributed by atoms with Gasteiger partial charge in [0.1, 0.15) is 5.82 Å². The average Bonchev–Trinajstić information content (AvgIpc) is 2.50. The van der Waals surface area contributed by atoms with Gasteiger partial charge in [-0.2, -0.15) is 0 Å². The molecule has 0 saturated carbocycles.